The number of Topliss-reactive ketones (excluding diaryl/α,β-unsaturated/α-hetero) is 2. The van der Waals surface area contributed by atoms with Gasteiger partial charge in [0.05, 0.1) is 17.8 Å². The van der Waals surface area contributed by atoms with Crippen molar-refractivity contribution in [2.45, 2.75) is 206 Å². The Labute approximate surface area is 476 Å². The maximum Gasteiger partial charge on any atom is 0.333 e. The highest BCUT2D eigenvalue weighted by Crippen LogP contribution is 2.69. The van der Waals surface area contributed by atoms with Crippen molar-refractivity contribution in [1.29, 1.82) is 0 Å². The lowest BCUT2D eigenvalue weighted by molar-refractivity contribution is -0.277. The predicted octanol–water partition coefficient (Wildman–Crippen LogP) is 8.56. The average Bonchev–Trinajstić information content (AvgIpc) is 3.73. The molecule has 17 nitrogen and oxygen atoms in total. The number of nitrogens with zero attached hydrogens (tertiary/aromatic N) is 1. The molecule has 0 radical (unpaired) electrons. The van der Waals surface area contributed by atoms with Gasteiger partial charge in [-0.3, -0.25) is 19.2 Å². The number of ether oxygens (including phenoxy) is 6. The van der Waals surface area contributed by atoms with Gasteiger partial charge in [-0.05, 0) is 137 Å². The Bertz CT molecular complexity index is 2900. The van der Waals surface area contributed by atoms with Gasteiger partial charge in [0.1, 0.15) is 58.9 Å². The number of hydrogen-bond donors (Lipinski definition) is 5. The van der Waals surface area contributed by atoms with E-state index in [2.05, 4.69) is 25.2 Å². The van der Waals surface area contributed by atoms with Crippen LogP contribution in [0, 0.1) is 11.8 Å². The lowest BCUT2D eigenvalue weighted by Crippen LogP contribution is -2.72. The molecule has 0 aromatic heterocycles. The maximum atomic E-state index is 16.1. The van der Waals surface area contributed by atoms with Crippen molar-refractivity contribution in [3.8, 4) is 23.0 Å². The first kappa shape index (κ1) is 61.1. The molecule has 3 fully saturated rings. The Hall–Kier alpha value is -5.95. The summed E-state index contributed by atoms with van der Waals surface area (Å²) < 4.78 is 39.4. The van der Waals surface area contributed by atoms with Crippen LogP contribution in [-0.4, -0.2) is 134 Å². The van der Waals surface area contributed by atoms with E-state index in [0.717, 1.165) is 49.7 Å². The third-order valence-corrected chi connectivity index (χ3v) is 16.9. The molecule has 440 valence electrons. The maximum absolute atomic E-state index is 16.1. The molecule has 3 aliphatic carbocycles. The number of unbranched alkanes of at least 4 members (excludes halogenated alkanes) is 4. The molecule has 4 heterocycles. The third kappa shape index (κ3) is 11.7. The molecule has 17 heteroatoms. The zero-order valence-electron chi connectivity index (χ0n) is 49.0. The summed E-state index contributed by atoms with van der Waals surface area (Å²) in [5.74, 6) is -3.22. The number of allylic oxidation sites excluding steroid dienone is 5. The average molecular weight is 1120 g/mol. The summed E-state index contributed by atoms with van der Waals surface area (Å²) in [5, 5.41) is 43.2. The van der Waals surface area contributed by atoms with Crippen LogP contribution in [-0.2, 0) is 30.3 Å². The van der Waals surface area contributed by atoms with Gasteiger partial charge in [-0.2, -0.15) is 0 Å². The summed E-state index contributed by atoms with van der Waals surface area (Å²) in [5.41, 5.74) is -1.52. The number of carbonyl (C=O) groups is 5. The Morgan fingerprint density at radius 1 is 0.864 bits per heavy atom. The van der Waals surface area contributed by atoms with Crippen molar-refractivity contribution in [3.63, 3.8) is 0 Å². The van der Waals surface area contributed by atoms with Gasteiger partial charge < -0.3 is 59.1 Å². The van der Waals surface area contributed by atoms with Crippen LogP contribution in [0.1, 0.15) is 172 Å². The highest BCUT2D eigenvalue weighted by molar-refractivity contribution is 6.19. The molecule has 2 amide bonds. The minimum atomic E-state index is -1.73. The van der Waals surface area contributed by atoms with Crippen LogP contribution in [0.3, 0.4) is 0 Å². The van der Waals surface area contributed by atoms with Gasteiger partial charge in [-0.25, -0.2) is 4.79 Å². The fraction of sp³-hybridized carbons (Fsp3) is 0.578. The van der Waals surface area contributed by atoms with E-state index < -0.39 is 95.3 Å². The smallest absolute Gasteiger partial charge is 0.333 e. The van der Waals surface area contributed by atoms with Crippen LogP contribution >= 0.6 is 0 Å². The van der Waals surface area contributed by atoms with Gasteiger partial charge in [0, 0.05) is 53.6 Å². The number of amides is 2. The van der Waals surface area contributed by atoms with Crippen LogP contribution < -0.4 is 24.3 Å². The van der Waals surface area contributed by atoms with Crippen molar-refractivity contribution < 1.29 is 72.8 Å². The van der Waals surface area contributed by atoms with E-state index >= 15 is 9.59 Å². The van der Waals surface area contributed by atoms with Crippen LogP contribution in [0.25, 0.3) is 6.08 Å². The molecule has 6 unspecified atom stereocenters. The Balaban J connectivity index is 1.18. The Morgan fingerprint density at radius 3 is 2.16 bits per heavy atom. The largest absolute Gasteiger partial charge is 0.482 e. The van der Waals surface area contributed by atoms with E-state index in [-0.39, 0.29) is 58.5 Å². The molecule has 5 N–H and O–H groups in total. The van der Waals surface area contributed by atoms with Crippen LogP contribution in [0.2, 0.25) is 0 Å². The van der Waals surface area contributed by atoms with Crippen LogP contribution in [0.5, 0.6) is 23.0 Å². The van der Waals surface area contributed by atoms with Gasteiger partial charge in [0.15, 0.2) is 28.5 Å². The van der Waals surface area contributed by atoms with Crippen molar-refractivity contribution in [2.75, 3.05) is 19.7 Å². The number of aliphatic hydroxyl groups excluding tert-OH is 4. The third-order valence-electron chi connectivity index (χ3n) is 16.9. The molecule has 2 aromatic rings. The van der Waals surface area contributed by atoms with E-state index in [4.69, 9.17) is 28.4 Å². The summed E-state index contributed by atoms with van der Waals surface area (Å²) in [6, 6.07) is 4.33. The number of esters is 1. The van der Waals surface area contributed by atoms with Crippen LogP contribution in [0.4, 0.5) is 0 Å². The van der Waals surface area contributed by atoms with Crippen molar-refractivity contribution in [1.82, 2.24) is 10.2 Å². The first-order valence-corrected chi connectivity index (χ1v) is 29.0. The summed E-state index contributed by atoms with van der Waals surface area (Å²) in [6.07, 6.45) is 11.4. The Morgan fingerprint density at radius 2 is 1.53 bits per heavy atom. The van der Waals surface area contributed by atoms with Gasteiger partial charge >= 0.3 is 5.97 Å². The van der Waals surface area contributed by atoms with Crippen molar-refractivity contribution in [3.05, 3.63) is 99.2 Å². The van der Waals surface area contributed by atoms with E-state index in [1.165, 1.54) is 31.2 Å². The standard InChI is InChI=1S/C64H84N2O15/c1-12-14-16-31-66(32-17-15-13-2)58(74)38(7)26-30-63-56(72)41-33-45-49(68)48-54(78-59(75)39(8)65-57(73)40-21-23-42(24-22-40)76-60-52(71)51(70)50(69)46(35-67)77-60)44-27-29-62(11,28-18-19-36(3)4)79-53(44)43(25-20-37(5)6)55(48)80-64(45,63)47(34-41)61(9,10)81-63/h19-24,26-27,29,33,39,41,46-47,50-52,60,67,69-71H,12-18,25,28,30-32,34-35H2,1-11H3,(H,65,73)/b38-26-/t39?,41?,46-,47?,50-,51+,52-,60-,62?,63?,64?/m1/s1. The van der Waals surface area contributed by atoms with Gasteiger partial charge in [-0.15, -0.1) is 0 Å². The second-order valence-electron chi connectivity index (χ2n) is 24.1. The topological polar surface area (TPSA) is 237 Å². The van der Waals surface area contributed by atoms with Gasteiger partial charge in [0.25, 0.3) is 5.91 Å². The van der Waals surface area contributed by atoms with E-state index in [1.54, 1.807) is 19.1 Å². The zero-order chi connectivity index (χ0) is 58.9. The number of rotatable bonds is 23. The number of aliphatic hydroxyl groups is 4. The number of ketones is 2. The molecule has 4 aliphatic heterocycles. The molecule has 81 heavy (non-hydrogen) atoms. The number of hydrogen-bond acceptors (Lipinski definition) is 15. The molecule has 7 aliphatic rings. The molecule has 4 bridgehead atoms. The minimum Gasteiger partial charge on any atom is -0.482 e. The predicted molar refractivity (Wildman–Crippen MR) is 304 cm³/mol. The quantitative estimate of drug-likeness (QED) is 0.0230. The van der Waals surface area contributed by atoms with Gasteiger partial charge in [0.2, 0.25) is 12.2 Å². The van der Waals surface area contributed by atoms with E-state index in [9.17, 15) is 34.8 Å². The van der Waals surface area contributed by atoms with Gasteiger partial charge in [-0.1, -0.05) is 75.0 Å². The molecule has 11 atom stereocenters. The first-order valence-electron chi connectivity index (χ1n) is 29.0. The number of nitrogens with one attached hydrogen (secondary N) is 1. The molecular formula is C64H84N2O15. The lowest BCUT2D eigenvalue weighted by Gasteiger charge is -2.56. The molecule has 9 rings (SSSR count). The highest BCUT2D eigenvalue weighted by Gasteiger charge is 2.81. The van der Waals surface area contributed by atoms with E-state index in [1.807, 2.05) is 71.6 Å². The Kier molecular flexibility index (Phi) is 18.5. The monoisotopic (exact) mass is 1120 g/mol. The number of carbonyl (C=O) groups excluding carboxylic acids is 5. The summed E-state index contributed by atoms with van der Waals surface area (Å²) in [7, 11) is 0. The summed E-state index contributed by atoms with van der Waals surface area (Å²) >= 11 is 0. The fourth-order valence-corrected chi connectivity index (χ4v) is 12.4. The fourth-order valence-electron chi connectivity index (χ4n) is 12.4. The highest BCUT2D eigenvalue weighted by atomic mass is 16.7. The summed E-state index contributed by atoms with van der Waals surface area (Å²) in [6.45, 7) is 21.9. The van der Waals surface area contributed by atoms with Crippen molar-refractivity contribution >= 4 is 35.4 Å². The van der Waals surface area contributed by atoms with E-state index in [0.29, 0.717) is 54.8 Å². The molecule has 2 saturated heterocycles. The second kappa shape index (κ2) is 24.5. The molecular weight excluding hydrogens is 1040 g/mol. The number of fused-ring (bicyclic) bond motifs is 2. The minimum absolute atomic E-state index is 0.0323. The van der Waals surface area contributed by atoms with Crippen LogP contribution in [0.15, 0.2) is 76.9 Å². The summed E-state index contributed by atoms with van der Waals surface area (Å²) in [4.78, 5) is 76.0. The molecule has 2 aromatic carbocycles. The zero-order valence-corrected chi connectivity index (χ0v) is 49.0. The lowest BCUT2D eigenvalue weighted by atomic mass is 9.51. The normalized spacial score (nSPS) is 28.8. The molecule has 1 saturated carbocycles. The molecule has 1 spiro atoms. The second-order valence-corrected chi connectivity index (χ2v) is 24.1. The first-order chi connectivity index (χ1) is 38.4. The SMILES string of the molecule is CCCCCN(CCCCC)C(=O)/C(C)=C\CC12OC(C)(C)C3CC(C=C4C(=O)c5c(OC(=O)C(C)NC(=O)c6ccc(O[C@@H]7O[C@H](CO)[C@@H](O)[C@H](O)[C@H]7O)cc6)c6c(c(CC=C(C)C)c5OC431)OC(C)(CCC=C(C)C)C=C6)C2=O. The van der Waals surface area contributed by atoms with Crippen molar-refractivity contribution in [2.24, 2.45) is 11.8 Å². The number of benzene rings is 2.